The van der Waals surface area contributed by atoms with Gasteiger partial charge >= 0.3 is 0 Å². The van der Waals surface area contributed by atoms with Crippen molar-refractivity contribution in [1.82, 2.24) is 9.97 Å². The van der Waals surface area contributed by atoms with Crippen LogP contribution in [0.25, 0.3) is 0 Å². The first-order valence-electron chi connectivity index (χ1n) is 5.95. The normalized spacial score (nSPS) is 20.1. The molecule has 4 nitrogen and oxygen atoms in total. The van der Waals surface area contributed by atoms with E-state index < -0.39 is 0 Å². The molecule has 2 N–H and O–H groups in total. The highest BCUT2D eigenvalue weighted by atomic mass is 32.2. The molecule has 17 heavy (non-hydrogen) atoms. The zero-order chi connectivity index (χ0) is 12.5. The zero-order valence-corrected chi connectivity index (χ0v) is 11.5. The molecule has 0 atom stereocenters. The third kappa shape index (κ3) is 2.83. The summed E-state index contributed by atoms with van der Waals surface area (Å²) >= 11 is 2.03. The summed E-state index contributed by atoms with van der Waals surface area (Å²) < 4.78 is 0.362. The van der Waals surface area contributed by atoms with Gasteiger partial charge in [-0.25, -0.2) is 9.97 Å². The number of nitrogens with zero attached hydrogens (tertiary/aromatic N) is 3. The molecule has 5 heteroatoms. The maximum atomic E-state index is 5.84. The summed E-state index contributed by atoms with van der Waals surface area (Å²) in [7, 11) is 0. The molecular weight excluding hydrogens is 232 g/mol. The van der Waals surface area contributed by atoms with Crippen molar-refractivity contribution < 1.29 is 0 Å². The molecule has 0 spiro atoms. The number of anilines is 2. The zero-order valence-electron chi connectivity index (χ0n) is 10.7. The van der Waals surface area contributed by atoms with Crippen LogP contribution in [-0.4, -0.2) is 33.6 Å². The quantitative estimate of drug-likeness (QED) is 0.829. The van der Waals surface area contributed by atoms with E-state index in [0.717, 1.165) is 30.2 Å². The monoisotopic (exact) mass is 252 g/mol. The van der Waals surface area contributed by atoms with Crippen LogP contribution in [0.3, 0.4) is 0 Å². The van der Waals surface area contributed by atoms with Crippen LogP contribution in [0.4, 0.5) is 11.6 Å². The first kappa shape index (κ1) is 12.5. The molecule has 1 fully saturated rings. The molecule has 0 aromatic carbocycles. The van der Waals surface area contributed by atoms with Crippen LogP contribution in [0.1, 0.15) is 25.8 Å². The number of nitrogen functional groups attached to an aromatic ring is 1. The number of rotatable bonds is 1. The third-order valence-electron chi connectivity index (χ3n) is 3.23. The van der Waals surface area contributed by atoms with Gasteiger partial charge in [0.05, 0.1) is 0 Å². The number of thioether (sulfide) groups is 1. The summed E-state index contributed by atoms with van der Waals surface area (Å²) in [5.41, 5.74) is 6.83. The van der Waals surface area contributed by atoms with Crippen LogP contribution in [0, 0.1) is 6.92 Å². The molecule has 1 aliphatic rings. The molecule has 0 saturated carbocycles. The summed E-state index contributed by atoms with van der Waals surface area (Å²) in [4.78, 5) is 10.7. The highest BCUT2D eigenvalue weighted by Gasteiger charge is 2.25. The lowest BCUT2D eigenvalue weighted by atomic mass is 10.1. The molecule has 1 saturated heterocycles. The molecule has 1 aliphatic heterocycles. The summed E-state index contributed by atoms with van der Waals surface area (Å²) in [6, 6.07) is 0. The predicted octanol–water partition coefficient (Wildman–Crippen LogP) is 2.09. The van der Waals surface area contributed by atoms with E-state index in [2.05, 4.69) is 28.7 Å². The second kappa shape index (κ2) is 4.72. The topological polar surface area (TPSA) is 55.0 Å². The summed E-state index contributed by atoms with van der Waals surface area (Å²) in [6.07, 6.45) is 2.72. The Labute approximate surface area is 107 Å². The van der Waals surface area contributed by atoms with Gasteiger partial charge in [-0.2, -0.15) is 11.8 Å². The molecule has 2 heterocycles. The van der Waals surface area contributed by atoms with E-state index >= 15 is 0 Å². The van der Waals surface area contributed by atoms with Gasteiger partial charge in [-0.15, -0.1) is 0 Å². The van der Waals surface area contributed by atoms with Crippen molar-refractivity contribution in [3.63, 3.8) is 0 Å². The minimum absolute atomic E-state index is 0.362. The minimum atomic E-state index is 0.362. The van der Waals surface area contributed by atoms with Crippen LogP contribution < -0.4 is 10.6 Å². The number of hydrogen-bond donors (Lipinski definition) is 1. The predicted molar refractivity (Wildman–Crippen MR) is 74.5 cm³/mol. The van der Waals surface area contributed by atoms with Crippen molar-refractivity contribution in [2.24, 2.45) is 0 Å². The Hall–Kier alpha value is -0.970. The standard InChI is InChI=1S/C12H20N4S/c1-9-10(13)14-8-15-11(9)16-5-4-12(2,3)17-7-6-16/h8H,4-7H2,1-3H3,(H2,13,14,15). The maximum absolute atomic E-state index is 5.84. The Bertz CT molecular complexity index is 405. The smallest absolute Gasteiger partial charge is 0.137 e. The second-order valence-electron chi connectivity index (χ2n) is 5.05. The van der Waals surface area contributed by atoms with Crippen molar-refractivity contribution >= 4 is 23.4 Å². The highest BCUT2D eigenvalue weighted by molar-refractivity contribution is 8.00. The molecular formula is C12H20N4S. The Morgan fingerprint density at radius 2 is 2.12 bits per heavy atom. The van der Waals surface area contributed by atoms with Crippen LogP contribution in [-0.2, 0) is 0 Å². The number of aromatic nitrogens is 2. The minimum Gasteiger partial charge on any atom is -0.383 e. The van der Waals surface area contributed by atoms with Gasteiger partial charge in [-0.1, -0.05) is 13.8 Å². The molecule has 0 bridgehead atoms. The van der Waals surface area contributed by atoms with Crippen molar-refractivity contribution in [3.8, 4) is 0 Å². The Morgan fingerprint density at radius 1 is 1.35 bits per heavy atom. The van der Waals surface area contributed by atoms with Crippen LogP contribution >= 0.6 is 11.8 Å². The molecule has 0 unspecified atom stereocenters. The summed E-state index contributed by atoms with van der Waals surface area (Å²) in [5.74, 6) is 2.72. The van der Waals surface area contributed by atoms with E-state index in [1.54, 1.807) is 6.33 Å². The Morgan fingerprint density at radius 3 is 2.88 bits per heavy atom. The van der Waals surface area contributed by atoms with Crippen molar-refractivity contribution in [2.75, 3.05) is 29.5 Å². The van der Waals surface area contributed by atoms with E-state index in [1.807, 2.05) is 18.7 Å². The van der Waals surface area contributed by atoms with E-state index in [1.165, 1.54) is 6.42 Å². The van der Waals surface area contributed by atoms with E-state index in [4.69, 9.17) is 5.73 Å². The number of hydrogen-bond acceptors (Lipinski definition) is 5. The van der Waals surface area contributed by atoms with Gasteiger partial charge in [0.15, 0.2) is 0 Å². The van der Waals surface area contributed by atoms with Gasteiger partial charge in [0.1, 0.15) is 18.0 Å². The van der Waals surface area contributed by atoms with Gasteiger partial charge in [0.2, 0.25) is 0 Å². The first-order chi connectivity index (χ1) is 7.99. The lowest BCUT2D eigenvalue weighted by Crippen LogP contribution is -2.28. The molecule has 0 amide bonds. The van der Waals surface area contributed by atoms with E-state index in [9.17, 15) is 0 Å². The largest absolute Gasteiger partial charge is 0.383 e. The Balaban J connectivity index is 2.20. The Kier molecular flexibility index (Phi) is 3.47. The fraction of sp³-hybridized carbons (Fsp3) is 0.667. The summed E-state index contributed by atoms with van der Waals surface area (Å²) in [5, 5.41) is 0. The van der Waals surface area contributed by atoms with Crippen molar-refractivity contribution in [3.05, 3.63) is 11.9 Å². The SMILES string of the molecule is Cc1c(N)ncnc1N1CCSC(C)(C)CC1. The molecule has 1 aromatic heterocycles. The lowest BCUT2D eigenvalue weighted by Gasteiger charge is -2.24. The van der Waals surface area contributed by atoms with Crippen molar-refractivity contribution in [2.45, 2.75) is 31.9 Å². The molecule has 0 aliphatic carbocycles. The fourth-order valence-corrected chi connectivity index (χ4v) is 3.10. The third-order valence-corrected chi connectivity index (χ3v) is 4.61. The average molecular weight is 252 g/mol. The van der Waals surface area contributed by atoms with Crippen LogP contribution in [0.2, 0.25) is 0 Å². The van der Waals surface area contributed by atoms with Gasteiger partial charge in [0, 0.05) is 29.2 Å². The molecule has 1 aromatic rings. The van der Waals surface area contributed by atoms with Gasteiger partial charge < -0.3 is 10.6 Å². The van der Waals surface area contributed by atoms with Crippen molar-refractivity contribution in [1.29, 1.82) is 0 Å². The molecule has 0 radical (unpaired) electrons. The molecule has 94 valence electrons. The van der Waals surface area contributed by atoms with Crippen LogP contribution in [0.5, 0.6) is 0 Å². The van der Waals surface area contributed by atoms with E-state index in [0.29, 0.717) is 10.6 Å². The van der Waals surface area contributed by atoms with E-state index in [-0.39, 0.29) is 0 Å². The highest BCUT2D eigenvalue weighted by Crippen LogP contribution is 2.32. The molecule has 2 rings (SSSR count). The first-order valence-corrected chi connectivity index (χ1v) is 6.94. The lowest BCUT2D eigenvalue weighted by molar-refractivity contribution is 0.634. The average Bonchev–Trinajstić information content (AvgIpc) is 2.44. The second-order valence-corrected chi connectivity index (χ2v) is 6.85. The van der Waals surface area contributed by atoms with Gasteiger partial charge in [-0.3, -0.25) is 0 Å². The number of nitrogens with two attached hydrogens (primary N) is 1. The van der Waals surface area contributed by atoms with Gasteiger partial charge in [-0.05, 0) is 13.3 Å². The fourth-order valence-electron chi connectivity index (χ4n) is 2.00. The van der Waals surface area contributed by atoms with Crippen LogP contribution in [0.15, 0.2) is 6.33 Å². The maximum Gasteiger partial charge on any atom is 0.137 e. The van der Waals surface area contributed by atoms with Gasteiger partial charge in [0.25, 0.3) is 0 Å². The summed E-state index contributed by atoms with van der Waals surface area (Å²) in [6.45, 7) is 8.68.